The Morgan fingerprint density at radius 1 is 1.08 bits per heavy atom. The number of nitrogens with one attached hydrogen (secondary N) is 2. The Hall–Kier alpha value is -3.33. The van der Waals surface area contributed by atoms with Crippen LogP contribution in [-0.4, -0.2) is 23.9 Å². The number of nitriles is 1. The van der Waals surface area contributed by atoms with E-state index in [9.17, 15) is 9.59 Å². The van der Waals surface area contributed by atoms with Crippen LogP contribution in [0.15, 0.2) is 48.5 Å². The zero-order chi connectivity index (χ0) is 19.1. The Bertz CT molecular complexity index is 840. The molecule has 0 aliphatic heterocycles. The van der Waals surface area contributed by atoms with Crippen molar-refractivity contribution in [1.82, 2.24) is 4.90 Å². The van der Waals surface area contributed by atoms with E-state index in [0.29, 0.717) is 23.5 Å². The highest BCUT2D eigenvalue weighted by Gasteiger charge is 2.11. The lowest BCUT2D eigenvalue weighted by atomic mass is 10.1. The van der Waals surface area contributed by atoms with Crippen LogP contribution in [0.25, 0.3) is 0 Å². The lowest BCUT2D eigenvalue weighted by Crippen LogP contribution is -2.30. The largest absolute Gasteiger partial charge is 0.326 e. The molecule has 0 spiro atoms. The summed E-state index contributed by atoms with van der Waals surface area (Å²) >= 11 is 0. The second kappa shape index (κ2) is 8.67. The van der Waals surface area contributed by atoms with Crippen LogP contribution in [0.5, 0.6) is 0 Å². The average molecular weight is 350 g/mol. The van der Waals surface area contributed by atoms with E-state index in [0.717, 1.165) is 5.56 Å². The quantitative estimate of drug-likeness (QED) is 0.859. The van der Waals surface area contributed by atoms with E-state index >= 15 is 0 Å². The first-order valence-corrected chi connectivity index (χ1v) is 8.31. The van der Waals surface area contributed by atoms with Gasteiger partial charge < -0.3 is 15.5 Å². The summed E-state index contributed by atoms with van der Waals surface area (Å²) in [6.07, 6.45) is 0. The Balaban J connectivity index is 2.00. The zero-order valence-corrected chi connectivity index (χ0v) is 15.1. The Morgan fingerprint density at radius 2 is 1.73 bits per heavy atom. The van der Waals surface area contributed by atoms with Gasteiger partial charge in [-0.25, -0.2) is 4.79 Å². The molecule has 0 aliphatic rings. The minimum atomic E-state index is -0.278. The van der Waals surface area contributed by atoms with Gasteiger partial charge in [0.2, 0.25) is 5.91 Å². The van der Waals surface area contributed by atoms with Gasteiger partial charge in [0.1, 0.15) is 0 Å². The number of carbonyl (C=O) groups is 2. The molecule has 0 saturated heterocycles. The van der Waals surface area contributed by atoms with Crippen LogP contribution in [0.2, 0.25) is 0 Å². The van der Waals surface area contributed by atoms with E-state index < -0.39 is 0 Å². The molecule has 0 unspecified atom stereocenters. The predicted molar refractivity (Wildman–Crippen MR) is 102 cm³/mol. The smallest absolute Gasteiger partial charge is 0.321 e. The number of benzene rings is 2. The van der Waals surface area contributed by atoms with Gasteiger partial charge in [-0.05, 0) is 35.9 Å². The summed E-state index contributed by atoms with van der Waals surface area (Å²) in [6.45, 7) is 4.01. The third-order valence-corrected chi connectivity index (χ3v) is 3.73. The zero-order valence-electron chi connectivity index (χ0n) is 15.1. The molecule has 0 heterocycles. The lowest BCUT2D eigenvalue weighted by molar-refractivity contribution is -0.118. The van der Waals surface area contributed by atoms with Crippen LogP contribution < -0.4 is 10.6 Å². The SMILES string of the molecule is CC(C)C(=O)Nc1cccc(NC(=O)N(C)Cc2cccc(C#N)c2)c1. The van der Waals surface area contributed by atoms with Gasteiger partial charge in [-0.3, -0.25) is 4.79 Å². The first-order valence-electron chi connectivity index (χ1n) is 8.31. The molecule has 2 rings (SSSR count). The van der Waals surface area contributed by atoms with Crippen molar-refractivity contribution >= 4 is 23.3 Å². The third-order valence-electron chi connectivity index (χ3n) is 3.73. The first-order chi connectivity index (χ1) is 12.4. The van der Waals surface area contributed by atoms with E-state index in [-0.39, 0.29) is 17.9 Å². The molecule has 0 fully saturated rings. The molecule has 0 atom stereocenters. The number of hydrogen-bond acceptors (Lipinski definition) is 3. The highest BCUT2D eigenvalue weighted by atomic mass is 16.2. The van der Waals surface area contributed by atoms with Gasteiger partial charge >= 0.3 is 6.03 Å². The molecular formula is C20H22N4O2. The second-order valence-corrected chi connectivity index (χ2v) is 6.32. The van der Waals surface area contributed by atoms with Crippen molar-refractivity contribution in [2.45, 2.75) is 20.4 Å². The molecule has 134 valence electrons. The van der Waals surface area contributed by atoms with Crippen LogP contribution in [0, 0.1) is 17.2 Å². The Labute approximate surface area is 153 Å². The van der Waals surface area contributed by atoms with Crippen molar-refractivity contribution < 1.29 is 9.59 Å². The maximum absolute atomic E-state index is 12.4. The van der Waals surface area contributed by atoms with Crippen molar-refractivity contribution in [3.8, 4) is 6.07 Å². The van der Waals surface area contributed by atoms with Gasteiger partial charge in [-0.2, -0.15) is 5.26 Å². The van der Waals surface area contributed by atoms with E-state index in [4.69, 9.17) is 5.26 Å². The van der Waals surface area contributed by atoms with Crippen LogP contribution in [-0.2, 0) is 11.3 Å². The van der Waals surface area contributed by atoms with E-state index in [2.05, 4.69) is 16.7 Å². The van der Waals surface area contributed by atoms with E-state index in [1.165, 1.54) is 4.90 Å². The fraction of sp³-hybridized carbons (Fsp3) is 0.250. The molecule has 6 nitrogen and oxygen atoms in total. The average Bonchev–Trinajstić information content (AvgIpc) is 2.62. The molecule has 6 heteroatoms. The molecule has 0 saturated carbocycles. The third kappa shape index (κ3) is 5.35. The molecule has 26 heavy (non-hydrogen) atoms. The van der Waals surface area contributed by atoms with E-state index in [1.54, 1.807) is 49.5 Å². The highest BCUT2D eigenvalue weighted by Crippen LogP contribution is 2.17. The molecule has 0 bridgehead atoms. The first kappa shape index (κ1) is 19.0. The number of anilines is 2. The van der Waals surface area contributed by atoms with Gasteiger partial charge in [-0.1, -0.05) is 32.0 Å². The van der Waals surface area contributed by atoms with Crippen molar-refractivity contribution in [2.75, 3.05) is 17.7 Å². The summed E-state index contributed by atoms with van der Waals surface area (Å²) in [5.74, 6) is -0.202. The summed E-state index contributed by atoms with van der Waals surface area (Å²) in [6, 6.07) is 16.0. The number of hydrogen-bond donors (Lipinski definition) is 2. The number of rotatable bonds is 5. The lowest BCUT2D eigenvalue weighted by Gasteiger charge is -2.18. The predicted octanol–water partition coefficient (Wildman–Crippen LogP) is 3.82. The van der Waals surface area contributed by atoms with Crippen LogP contribution in [0.3, 0.4) is 0 Å². The molecule has 3 amide bonds. The molecule has 2 N–H and O–H groups in total. The Kier molecular flexibility index (Phi) is 6.34. The van der Waals surface area contributed by atoms with Gasteiger partial charge in [0.15, 0.2) is 0 Å². The summed E-state index contributed by atoms with van der Waals surface area (Å²) in [4.78, 5) is 25.7. The summed E-state index contributed by atoms with van der Waals surface area (Å²) in [5.41, 5.74) is 2.66. The topological polar surface area (TPSA) is 85.2 Å². The number of carbonyl (C=O) groups excluding carboxylic acids is 2. The number of urea groups is 1. The summed E-state index contributed by atoms with van der Waals surface area (Å²) in [7, 11) is 1.68. The monoisotopic (exact) mass is 350 g/mol. The highest BCUT2D eigenvalue weighted by molar-refractivity contribution is 5.94. The molecular weight excluding hydrogens is 328 g/mol. The molecule has 2 aromatic rings. The molecule has 0 radical (unpaired) electrons. The van der Waals surface area contributed by atoms with Crippen LogP contribution in [0.1, 0.15) is 25.0 Å². The summed E-state index contributed by atoms with van der Waals surface area (Å²) in [5, 5.41) is 14.6. The molecule has 2 aromatic carbocycles. The van der Waals surface area contributed by atoms with Crippen LogP contribution in [0.4, 0.5) is 16.2 Å². The molecule has 0 aromatic heterocycles. The Morgan fingerprint density at radius 3 is 2.38 bits per heavy atom. The van der Waals surface area contributed by atoms with Crippen molar-refractivity contribution in [1.29, 1.82) is 5.26 Å². The maximum Gasteiger partial charge on any atom is 0.321 e. The fourth-order valence-electron chi connectivity index (χ4n) is 2.27. The second-order valence-electron chi connectivity index (χ2n) is 6.32. The fourth-order valence-corrected chi connectivity index (χ4v) is 2.27. The van der Waals surface area contributed by atoms with Crippen molar-refractivity contribution in [3.63, 3.8) is 0 Å². The van der Waals surface area contributed by atoms with Crippen molar-refractivity contribution in [3.05, 3.63) is 59.7 Å². The van der Waals surface area contributed by atoms with Gasteiger partial charge in [-0.15, -0.1) is 0 Å². The van der Waals surface area contributed by atoms with Crippen molar-refractivity contribution in [2.24, 2.45) is 5.92 Å². The van der Waals surface area contributed by atoms with Gasteiger partial charge in [0.05, 0.1) is 11.6 Å². The summed E-state index contributed by atoms with van der Waals surface area (Å²) < 4.78 is 0. The number of amides is 3. The minimum Gasteiger partial charge on any atom is -0.326 e. The molecule has 0 aliphatic carbocycles. The van der Waals surface area contributed by atoms with Gasteiger partial charge in [0.25, 0.3) is 0 Å². The maximum atomic E-state index is 12.4. The van der Waals surface area contributed by atoms with Crippen LogP contribution >= 0.6 is 0 Å². The standard InChI is InChI=1S/C20H22N4O2/c1-14(2)19(25)22-17-8-5-9-18(11-17)23-20(26)24(3)13-16-7-4-6-15(10-16)12-21/h4-11,14H,13H2,1-3H3,(H,22,25)(H,23,26). The minimum absolute atomic E-state index is 0.0806. The normalized spacial score (nSPS) is 10.1. The number of nitrogens with zero attached hydrogens (tertiary/aromatic N) is 2. The van der Waals surface area contributed by atoms with E-state index in [1.807, 2.05) is 19.9 Å². The van der Waals surface area contributed by atoms with Gasteiger partial charge in [0, 0.05) is 30.9 Å².